The molecule has 3 atom stereocenters. The lowest BCUT2D eigenvalue weighted by Crippen LogP contribution is -2.36. The molecule has 0 aromatic heterocycles. The zero-order valence-electron chi connectivity index (χ0n) is 10.9. The zero-order chi connectivity index (χ0) is 12.3. The lowest BCUT2D eigenvalue weighted by Gasteiger charge is -2.32. The Morgan fingerprint density at radius 1 is 1.29 bits per heavy atom. The largest absolute Gasteiger partial charge is 0.481 e. The van der Waals surface area contributed by atoms with Gasteiger partial charge in [0.15, 0.2) is 0 Å². The summed E-state index contributed by atoms with van der Waals surface area (Å²) < 4.78 is 0. The molecule has 2 aliphatic rings. The molecular formula is C14H25NO2. The van der Waals surface area contributed by atoms with Crippen molar-refractivity contribution in [1.82, 2.24) is 4.90 Å². The van der Waals surface area contributed by atoms with Crippen LogP contribution in [0, 0.1) is 11.8 Å². The van der Waals surface area contributed by atoms with Crippen molar-refractivity contribution >= 4 is 5.97 Å². The van der Waals surface area contributed by atoms with Crippen molar-refractivity contribution in [3.05, 3.63) is 0 Å². The molecule has 0 aromatic carbocycles. The predicted octanol–water partition coefficient (Wildman–Crippen LogP) is 2.75. The summed E-state index contributed by atoms with van der Waals surface area (Å²) in [7, 11) is 0. The van der Waals surface area contributed by atoms with Crippen LogP contribution in [0.15, 0.2) is 0 Å². The third kappa shape index (κ3) is 3.70. The quantitative estimate of drug-likeness (QED) is 0.820. The molecule has 1 saturated heterocycles. The number of hydrogen-bond acceptors (Lipinski definition) is 2. The Bertz CT molecular complexity index is 267. The second-order valence-electron chi connectivity index (χ2n) is 6.03. The number of nitrogens with zero attached hydrogens (tertiary/aromatic N) is 1. The molecule has 0 amide bonds. The smallest absolute Gasteiger partial charge is 0.304 e. The summed E-state index contributed by atoms with van der Waals surface area (Å²) in [6.07, 6.45) is 8.03. The first-order valence-corrected chi connectivity index (χ1v) is 7.11. The molecule has 0 spiro atoms. The first-order valence-electron chi connectivity index (χ1n) is 7.11. The minimum absolute atomic E-state index is 0.310. The van der Waals surface area contributed by atoms with Crippen molar-refractivity contribution in [2.45, 2.75) is 57.9 Å². The number of carboxylic acids is 1. The van der Waals surface area contributed by atoms with Crippen LogP contribution in [0.5, 0.6) is 0 Å². The average molecular weight is 239 g/mol. The van der Waals surface area contributed by atoms with E-state index >= 15 is 0 Å². The van der Waals surface area contributed by atoms with Crippen molar-refractivity contribution in [2.75, 3.05) is 13.1 Å². The number of carboxylic acid groups (broad SMARTS) is 1. The van der Waals surface area contributed by atoms with Gasteiger partial charge in [-0.05, 0) is 44.1 Å². The van der Waals surface area contributed by atoms with E-state index in [2.05, 4.69) is 11.8 Å². The van der Waals surface area contributed by atoms with Gasteiger partial charge in [-0.2, -0.15) is 0 Å². The molecule has 17 heavy (non-hydrogen) atoms. The maximum atomic E-state index is 10.8. The Hall–Kier alpha value is -0.570. The minimum Gasteiger partial charge on any atom is -0.481 e. The third-order valence-corrected chi connectivity index (χ3v) is 4.45. The van der Waals surface area contributed by atoms with E-state index in [0.29, 0.717) is 12.5 Å². The number of aliphatic carboxylic acids is 1. The van der Waals surface area contributed by atoms with E-state index in [9.17, 15) is 4.79 Å². The van der Waals surface area contributed by atoms with Crippen molar-refractivity contribution in [1.29, 1.82) is 0 Å². The highest BCUT2D eigenvalue weighted by atomic mass is 16.4. The zero-order valence-corrected chi connectivity index (χ0v) is 10.9. The summed E-state index contributed by atoms with van der Waals surface area (Å²) in [4.78, 5) is 13.3. The predicted molar refractivity (Wildman–Crippen MR) is 68.0 cm³/mol. The molecule has 1 N–H and O–H groups in total. The summed E-state index contributed by atoms with van der Waals surface area (Å²) >= 11 is 0. The van der Waals surface area contributed by atoms with Crippen LogP contribution in [0.3, 0.4) is 0 Å². The topological polar surface area (TPSA) is 40.5 Å². The van der Waals surface area contributed by atoms with Crippen LogP contribution >= 0.6 is 0 Å². The fraction of sp³-hybridized carbons (Fsp3) is 0.929. The standard InChI is InChI=1S/C14H25NO2/c1-11-4-2-5-12(8-11)10-15-7-3-6-13(15)9-14(16)17/h11-13H,2-10H2,1H3,(H,16,17). The second kappa shape index (κ2) is 5.85. The van der Waals surface area contributed by atoms with Gasteiger partial charge in [-0.15, -0.1) is 0 Å². The molecule has 0 aromatic rings. The lowest BCUT2D eigenvalue weighted by molar-refractivity contribution is -0.138. The third-order valence-electron chi connectivity index (χ3n) is 4.45. The van der Waals surface area contributed by atoms with Gasteiger partial charge in [0.25, 0.3) is 0 Å². The number of carbonyl (C=O) groups is 1. The SMILES string of the molecule is CC1CCCC(CN2CCCC2CC(=O)O)C1. The van der Waals surface area contributed by atoms with Gasteiger partial charge in [0.1, 0.15) is 0 Å². The molecule has 3 heteroatoms. The second-order valence-corrected chi connectivity index (χ2v) is 6.03. The van der Waals surface area contributed by atoms with Gasteiger partial charge in [-0.1, -0.05) is 19.8 Å². The fourth-order valence-electron chi connectivity index (χ4n) is 3.63. The number of hydrogen-bond donors (Lipinski definition) is 1. The highest BCUT2D eigenvalue weighted by Crippen LogP contribution is 2.31. The molecule has 1 aliphatic carbocycles. The van der Waals surface area contributed by atoms with Gasteiger partial charge in [-0.25, -0.2) is 0 Å². The molecule has 0 bridgehead atoms. The Labute approximate surface area is 104 Å². The van der Waals surface area contributed by atoms with Crippen LogP contribution < -0.4 is 0 Å². The van der Waals surface area contributed by atoms with Crippen molar-refractivity contribution < 1.29 is 9.90 Å². The average Bonchev–Trinajstić information content (AvgIpc) is 2.65. The van der Waals surface area contributed by atoms with E-state index in [-0.39, 0.29) is 0 Å². The first-order chi connectivity index (χ1) is 8.15. The van der Waals surface area contributed by atoms with Crippen LogP contribution in [-0.4, -0.2) is 35.1 Å². The number of rotatable bonds is 4. The van der Waals surface area contributed by atoms with E-state index in [4.69, 9.17) is 5.11 Å². The van der Waals surface area contributed by atoms with Gasteiger partial charge in [0.05, 0.1) is 6.42 Å². The molecule has 1 heterocycles. The minimum atomic E-state index is -0.640. The normalized spacial score (nSPS) is 35.0. The molecule has 2 fully saturated rings. The van der Waals surface area contributed by atoms with E-state index < -0.39 is 5.97 Å². The number of likely N-dealkylation sites (tertiary alicyclic amines) is 1. The molecular weight excluding hydrogens is 214 g/mol. The summed E-state index contributed by atoms with van der Waals surface area (Å²) in [6.45, 7) is 4.61. The summed E-state index contributed by atoms with van der Waals surface area (Å²) in [6, 6.07) is 0.310. The van der Waals surface area contributed by atoms with Crippen LogP contribution in [0.4, 0.5) is 0 Å². The Morgan fingerprint density at radius 2 is 2.12 bits per heavy atom. The van der Waals surface area contributed by atoms with E-state index in [0.717, 1.165) is 31.3 Å². The van der Waals surface area contributed by atoms with Crippen molar-refractivity contribution in [3.8, 4) is 0 Å². The summed E-state index contributed by atoms with van der Waals surface area (Å²) in [5.41, 5.74) is 0. The molecule has 1 saturated carbocycles. The van der Waals surface area contributed by atoms with Gasteiger partial charge >= 0.3 is 5.97 Å². The van der Waals surface area contributed by atoms with E-state index in [1.807, 2.05) is 0 Å². The van der Waals surface area contributed by atoms with Crippen molar-refractivity contribution in [3.63, 3.8) is 0 Å². The first kappa shape index (κ1) is 12.9. The molecule has 0 radical (unpaired) electrons. The highest BCUT2D eigenvalue weighted by molar-refractivity contribution is 5.67. The molecule has 98 valence electrons. The molecule has 3 unspecified atom stereocenters. The molecule has 1 aliphatic heterocycles. The maximum absolute atomic E-state index is 10.8. The molecule has 3 nitrogen and oxygen atoms in total. The van der Waals surface area contributed by atoms with Crippen molar-refractivity contribution in [2.24, 2.45) is 11.8 Å². The van der Waals surface area contributed by atoms with E-state index in [1.165, 1.54) is 32.1 Å². The van der Waals surface area contributed by atoms with Gasteiger partial charge in [0, 0.05) is 12.6 Å². The van der Waals surface area contributed by atoms with Gasteiger partial charge < -0.3 is 5.11 Å². The maximum Gasteiger partial charge on any atom is 0.304 e. The van der Waals surface area contributed by atoms with E-state index in [1.54, 1.807) is 0 Å². The van der Waals surface area contributed by atoms with Crippen LogP contribution in [0.1, 0.15) is 51.9 Å². The fourth-order valence-corrected chi connectivity index (χ4v) is 3.63. The van der Waals surface area contributed by atoms with Gasteiger partial charge in [0.2, 0.25) is 0 Å². The summed E-state index contributed by atoms with van der Waals surface area (Å²) in [5, 5.41) is 8.91. The lowest BCUT2D eigenvalue weighted by atomic mass is 9.82. The Balaban J connectivity index is 1.82. The van der Waals surface area contributed by atoms with Crippen LogP contribution in [-0.2, 0) is 4.79 Å². The molecule has 2 rings (SSSR count). The monoisotopic (exact) mass is 239 g/mol. The van der Waals surface area contributed by atoms with Crippen LogP contribution in [0.2, 0.25) is 0 Å². The Kier molecular flexibility index (Phi) is 4.43. The van der Waals surface area contributed by atoms with Gasteiger partial charge in [-0.3, -0.25) is 9.69 Å². The summed E-state index contributed by atoms with van der Waals surface area (Å²) in [5.74, 6) is 1.04. The van der Waals surface area contributed by atoms with Crippen LogP contribution in [0.25, 0.3) is 0 Å². The Morgan fingerprint density at radius 3 is 2.82 bits per heavy atom. The highest BCUT2D eigenvalue weighted by Gasteiger charge is 2.29.